The van der Waals surface area contributed by atoms with Crippen LogP contribution >= 0.6 is 11.6 Å². The van der Waals surface area contributed by atoms with E-state index in [-0.39, 0.29) is 28.6 Å². The summed E-state index contributed by atoms with van der Waals surface area (Å²) in [5.41, 5.74) is -1.21. The molecule has 0 bridgehead atoms. The van der Waals surface area contributed by atoms with E-state index in [0.717, 1.165) is 17.0 Å². The quantitative estimate of drug-likeness (QED) is 0.660. The van der Waals surface area contributed by atoms with Gasteiger partial charge in [0.25, 0.3) is 0 Å². The van der Waals surface area contributed by atoms with Gasteiger partial charge >= 0.3 is 12.3 Å². The van der Waals surface area contributed by atoms with Gasteiger partial charge in [-0.1, -0.05) is 11.6 Å². The molecule has 0 N–H and O–H groups in total. The highest BCUT2D eigenvalue weighted by Crippen LogP contribution is 2.36. The number of hydrogen-bond donors (Lipinski definition) is 0. The number of alkyl halides is 3. The van der Waals surface area contributed by atoms with Gasteiger partial charge in [0.15, 0.2) is 0 Å². The Hall–Kier alpha value is -2.03. The third-order valence-electron chi connectivity index (χ3n) is 4.64. The van der Waals surface area contributed by atoms with E-state index in [9.17, 15) is 18.0 Å². The van der Waals surface area contributed by atoms with E-state index in [2.05, 4.69) is 9.97 Å². The maximum atomic E-state index is 13.5. The smallest absolute Gasteiger partial charge is 0.431 e. The molecule has 3 rings (SSSR count). The Balaban J connectivity index is 1.76. The molecule has 6 nitrogen and oxygen atoms in total. The van der Waals surface area contributed by atoms with Crippen LogP contribution in [-0.2, 0) is 17.5 Å². The number of hydrogen-bond acceptors (Lipinski definition) is 4. The van der Waals surface area contributed by atoms with Crippen molar-refractivity contribution in [2.24, 2.45) is 5.92 Å². The lowest BCUT2D eigenvalue weighted by molar-refractivity contribution is -0.143. The van der Waals surface area contributed by atoms with Crippen LogP contribution in [-0.4, -0.2) is 44.2 Å². The number of nitrogens with zero attached hydrogens (tertiary/aromatic N) is 4. The average molecular weight is 419 g/mol. The first-order valence-electron chi connectivity index (χ1n) is 9.00. The fraction of sp³-hybridized carbons (Fsp3) is 0.611. The molecule has 0 atom stereocenters. The highest BCUT2D eigenvalue weighted by atomic mass is 35.5. The summed E-state index contributed by atoms with van der Waals surface area (Å²) in [6.45, 7) is 6.40. The minimum atomic E-state index is -4.53. The second kappa shape index (κ2) is 7.42. The topological polar surface area (TPSA) is 60.2 Å². The second-order valence-electron chi connectivity index (χ2n) is 7.95. The largest absolute Gasteiger partial charge is 0.444 e. The number of likely N-dealkylation sites (tertiary alicyclic amines) is 1. The summed E-state index contributed by atoms with van der Waals surface area (Å²) in [6.07, 6.45) is -2.61. The molecule has 3 heterocycles. The number of halogens is 4. The highest BCUT2D eigenvalue weighted by Gasteiger charge is 2.37. The van der Waals surface area contributed by atoms with Gasteiger partial charge in [0.05, 0.1) is 5.39 Å². The zero-order chi connectivity index (χ0) is 20.7. The number of carbonyl (C=O) groups excluding carboxylic acids is 1. The maximum Gasteiger partial charge on any atom is 0.431 e. The van der Waals surface area contributed by atoms with E-state index >= 15 is 0 Å². The van der Waals surface area contributed by atoms with Crippen molar-refractivity contribution in [2.45, 2.75) is 51.9 Å². The summed E-state index contributed by atoms with van der Waals surface area (Å²) in [5.74, 6) is -0.0240. The van der Waals surface area contributed by atoms with Crippen molar-refractivity contribution in [3.8, 4) is 0 Å². The summed E-state index contributed by atoms with van der Waals surface area (Å²) in [4.78, 5) is 21.5. The first-order chi connectivity index (χ1) is 13.0. The summed E-state index contributed by atoms with van der Waals surface area (Å²) in [6, 6.07) is 0.994. The molecule has 1 aliphatic rings. The Morgan fingerprint density at radius 3 is 2.46 bits per heavy atom. The van der Waals surface area contributed by atoms with Gasteiger partial charge in [0.1, 0.15) is 28.4 Å². The Bertz CT molecular complexity index is 868. The van der Waals surface area contributed by atoms with E-state index < -0.39 is 23.6 Å². The molecule has 0 unspecified atom stereocenters. The number of aromatic nitrogens is 3. The molecule has 0 saturated carbocycles. The molecule has 2 aromatic heterocycles. The molecule has 2 aromatic rings. The summed E-state index contributed by atoms with van der Waals surface area (Å²) in [7, 11) is 0. The van der Waals surface area contributed by atoms with Gasteiger partial charge < -0.3 is 14.2 Å². The lowest BCUT2D eigenvalue weighted by Gasteiger charge is -2.33. The summed E-state index contributed by atoms with van der Waals surface area (Å²) in [5, 5.41) is 0.177. The van der Waals surface area contributed by atoms with Crippen LogP contribution in [0.25, 0.3) is 11.0 Å². The van der Waals surface area contributed by atoms with Gasteiger partial charge in [0.2, 0.25) is 0 Å². The van der Waals surface area contributed by atoms with Crippen LogP contribution in [0.5, 0.6) is 0 Å². The number of piperidine rings is 1. The molecular weight excluding hydrogens is 397 g/mol. The predicted molar refractivity (Wildman–Crippen MR) is 98.1 cm³/mol. The van der Waals surface area contributed by atoms with Crippen molar-refractivity contribution in [2.75, 3.05) is 13.1 Å². The predicted octanol–water partition coefficient (Wildman–Crippen LogP) is 4.75. The lowest BCUT2D eigenvalue weighted by atomic mass is 9.97. The van der Waals surface area contributed by atoms with Crippen molar-refractivity contribution in [3.05, 3.63) is 23.2 Å². The average Bonchev–Trinajstić information content (AvgIpc) is 2.94. The first-order valence-corrected chi connectivity index (χ1v) is 9.38. The standard InChI is InChI=1S/C18H22ClF3N4O2/c1-17(2,3)28-16(27)25-6-4-11(5-7-25)9-26-13(18(20,21)22)8-12-14(19)23-10-24-15(12)26/h8,10-11H,4-7,9H2,1-3H3. The van der Waals surface area contributed by atoms with Crippen molar-refractivity contribution in [3.63, 3.8) is 0 Å². The van der Waals surface area contributed by atoms with Crippen LogP contribution in [0.3, 0.4) is 0 Å². The summed E-state index contributed by atoms with van der Waals surface area (Å²) < 4.78 is 47.1. The molecule has 154 valence electrons. The zero-order valence-corrected chi connectivity index (χ0v) is 16.6. The van der Waals surface area contributed by atoms with Crippen molar-refractivity contribution in [1.82, 2.24) is 19.4 Å². The number of rotatable bonds is 2. The first kappa shape index (κ1) is 20.7. The SMILES string of the molecule is CC(C)(C)OC(=O)N1CCC(Cn2c(C(F)(F)F)cc3c(Cl)ncnc32)CC1. The molecule has 1 saturated heterocycles. The van der Waals surface area contributed by atoms with Crippen molar-refractivity contribution >= 4 is 28.7 Å². The Morgan fingerprint density at radius 2 is 1.89 bits per heavy atom. The minimum absolute atomic E-state index is 0.00556. The monoisotopic (exact) mass is 418 g/mol. The molecule has 28 heavy (non-hydrogen) atoms. The Morgan fingerprint density at radius 1 is 1.25 bits per heavy atom. The molecule has 0 spiro atoms. The third-order valence-corrected chi connectivity index (χ3v) is 4.94. The van der Waals surface area contributed by atoms with Crippen LogP contribution in [0.4, 0.5) is 18.0 Å². The van der Waals surface area contributed by atoms with Crippen LogP contribution in [0.2, 0.25) is 5.15 Å². The number of ether oxygens (including phenoxy) is 1. The van der Waals surface area contributed by atoms with Gasteiger partial charge in [0, 0.05) is 19.6 Å². The fourth-order valence-corrected chi connectivity index (χ4v) is 3.52. The molecule has 0 aliphatic carbocycles. The van der Waals surface area contributed by atoms with Gasteiger partial charge in [-0.2, -0.15) is 13.2 Å². The second-order valence-corrected chi connectivity index (χ2v) is 8.31. The fourth-order valence-electron chi connectivity index (χ4n) is 3.34. The number of fused-ring (bicyclic) bond motifs is 1. The van der Waals surface area contributed by atoms with E-state index in [0.29, 0.717) is 25.9 Å². The molecular formula is C18H22ClF3N4O2. The van der Waals surface area contributed by atoms with Crippen LogP contribution < -0.4 is 0 Å². The van der Waals surface area contributed by atoms with Crippen LogP contribution in [0.15, 0.2) is 12.4 Å². The van der Waals surface area contributed by atoms with Crippen LogP contribution in [0.1, 0.15) is 39.3 Å². The molecule has 10 heteroatoms. The minimum Gasteiger partial charge on any atom is -0.444 e. The normalized spacial score (nSPS) is 16.6. The van der Waals surface area contributed by atoms with Crippen LogP contribution in [0, 0.1) is 5.92 Å². The molecule has 1 fully saturated rings. The maximum absolute atomic E-state index is 13.5. The number of carbonyl (C=O) groups is 1. The molecule has 0 radical (unpaired) electrons. The van der Waals surface area contributed by atoms with E-state index in [1.807, 2.05) is 0 Å². The number of amides is 1. The lowest BCUT2D eigenvalue weighted by Crippen LogP contribution is -2.42. The van der Waals surface area contributed by atoms with E-state index in [1.165, 1.54) is 0 Å². The molecule has 1 aliphatic heterocycles. The zero-order valence-electron chi connectivity index (χ0n) is 15.9. The third kappa shape index (κ3) is 4.51. The molecule has 1 amide bonds. The highest BCUT2D eigenvalue weighted by molar-refractivity contribution is 6.33. The van der Waals surface area contributed by atoms with Gasteiger partial charge in [-0.25, -0.2) is 14.8 Å². The molecule has 0 aromatic carbocycles. The van der Waals surface area contributed by atoms with Crippen molar-refractivity contribution < 1.29 is 22.7 Å². The Labute approximate surface area is 165 Å². The van der Waals surface area contributed by atoms with Crippen molar-refractivity contribution in [1.29, 1.82) is 0 Å². The van der Waals surface area contributed by atoms with Gasteiger partial charge in [-0.05, 0) is 45.6 Å². The van der Waals surface area contributed by atoms with Gasteiger partial charge in [-0.15, -0.1) is 0 Å². The summed E-state index contributed by atoms with van der Waals surface area (Å²) >= 11 is 5.95. The Kier molecular flexibility index (Phi) is 5.49. The van der Waals surface area contributed by atoms with Gasteiger partial charge in [-0.3, -0.25) is 0 Å². The van der Waals surface area contributed by atoms with E-state index in [1.54, 1.807) is 25.7 Å². The van der Waals surface area contributed by atoms with E-state index in [4.69, 9.17) is 16.3 Å².